The van der Waals surface area contributed by atoms with Gasteiger partial charge in [-0.2, -0.15) is 4.98 Å². The Balaban J connectivity index is 1.37. The van der Waals surface area contributed by atoms with Gasteiger partial charge in [-0.25, -0.2) is 14.8 Å². The molecule has 3 aromatic heterocycles. The molecule has 2 aliphatic heterocycles. The molecule has 3 aromatic rings. The number of ether oxygens (including phenoxy) is 1. The van der Waals surface area contributed by atoms with Crippen molar-refractivity contribution < 1.29 is 9.26 Å². The Labute approximate surface area is 227 Å². The third-order valence-electron chi connectivity index (χ3n) is 9.44. The minimum atomic E-state index is -0.613. The van der Waals surface area contributed by atoms with Crippen LogP contribution in [0.2, 0.25) is 0 Å². The number of morpholine rings is 1. The molecular formula is C28H38N8O3. The highest BCUT2D eigenvalue weighted by molar-refractivity contribution is 5.88. The summed E-state index contributed by atoms with van der Waals surface area (Å²) in [6.45, 7) is 8.87. The summed E-state index contributed by atoms with van der Waals surface area (Å²) in [6, 6.07) is 0.472. The summed E-state index contributed by atoms with van der Waals surface area (Å²) in [5.41, 5.74) is 1.66. The molecule has 11 nitrogen and oxygen atoms in total. The topological polar surface area (TPSA) is 118 Å². The molecule has 0 bridgehead atoms. The second-order valence-corrected chi connectivity index (χ2v) is 11.7. The summed E-state index contributed by atoms with van der Waals surface area (Å²) in [5.74, 6) is 3.74. The number of allylic oxidation sites excluding steroid dienone is 1. The van der Waals surface area contributed by atoms with Gasteiger partial charge in [0.15, 0.2) is 11.5 Å². The first-order valence-electron chi connectivity index (χ1n) is 14.7. The first-order valence-corrected chi connectivity index (χ1v) is 14.7. The van der Waals surface area contributed by atoms with Crippen molar-refractivity contribution in [1.29, 1.82) is 0 Å². The van der Waals surface area contributed by atoms with Crippen LogP contribution in [-0.4, -0.2) is 68.5 Å². The third-order valence-corrected chi connectivity index (χ3v) is 9.44. The lowest BCUT2D eigenvalue weighted by Gasteiger charge is -2.38. The zero-order valence-electron chi connectivity index (χ0n) is 22.6. The van der Waals surface area contributed by atoms with Crippen LogP contribution in [0.15, 0.2) is 22.0 Å². The van der Waals surface area contributed by atoms with Crippen LogP contribution in [0.4, 0.5) is 11.8 Å². The number of aromatic amines is 1. The lowest BCUT2D eigenvalue weighted by molar-refractivity contribution is 0.121. The number of hydrogen-bond acceptors (Lipinski definition) is 9. The average Bonchev–Trinajstić information content (AvgIpc) is 3.67. The molecule has 1 atom stereocenters. The van der Waals surface area contributed by atoms with Crippen molar-refractivity contribution in [3.8, 4) is 11.6 Å². The van der Waals surface area contributed by atoms with Crippen LogP contribution in [0.5, 0.6) is 0 Å². The summed E-state index contributed by atoms with van der Waals surface area (Å²) in [6.07, 6.45) is 13.1. The molecule has 5 heterocycles. The lowest BCUT2D eigenvalue weighted by atomic mass is 9.79. The zero-order chi connectivity index (χ0) is 26.3. The van der Waals surface area contributed by atoms with E-state index < -0.39 is 5.76 Å². The fraction of sp³-hybridized carbons (Fsp3) is 0.679. The van der Waals surface area contributed by atoms with Gasteiger partial charge in [0.25, 0.3) is 0 Å². The second-order valence-electron chi connectivity index (χ2n) is 11.7. The van der Waals surface area contributed by atoms with Gasteiger partial charge in [0.1, 0.15) is 5.52 Å². The molecule has 208 valence electrons. The minimum absolute atomic E-state index is 0.243. The number of hydrogen-bond donors (Lipinski definition) is 1. The Bertz CT molecular complexity index is 1380. The third kappa shape index (κ3) is 4.64. The monoisotopic (exact) mass is 534 g/mol. The van der Waals surface area contributed by atoms with Crippen molar-refractivity contribution in [2.75, 3.05) is 42.6 Å². The van der Waals surface area contributed by atoms with E-state index in [-0.39, 0.29) is 5.82 Å². The van der Waals surface area contributed by atoms with Crippen molar-refractivity contribution in [2.24, 2.45) is 17.8 Å². The molecule has 2 aliphatic carbocycles. The van der Waals surface area contributed by atoms with Gasteiger partial charge in [-0.1, -0.05) is 17.7 Å². The highest BCUT2D eigenvalue weighted by Crippen LogP contribution is 2.42. The van der Waals surface area contributed by atoms with E-state index >= 15 is 0 Å². The molecule has 0 radical (unpaired) electrons. The van der Waals surface area contributed by atoms with Crippen molar-refractivity contribution in [3.63, 3.8) is 0 Å². The summed E-state index contributed by atoms with van der Waals surface area (Å²) >= 11 is 0. The van der Waals surface area contributed by atoms with Crippen LogP contribution in [0.25, 0.3) is 22.8 Å². The number of nitrogens with zero attached hydrogens (tertiary/aromatic N) is 7. The van der Waals surface area contributed by atoms with Crippen molar-refractivity contribution >= 4 is 22.9 Å². The molecule has 7 rings (SSSR count). The zero-order valence-corrected chi connectivity index (χ0v) is 22.6. The molecule has 0 aromatic carbocycles. The van der Waals surface area contributed by atoms with Gasteiger partial charge in [-0.15, -0.1) is 6.58 Å². The standard InChI is InChI=1S/C28H38N8O3/c1-2-18-8-10-19(11-9-18)17-36-22-23(31-27(36)34-13-15-38-16-14-34)29-24(25-32-28(37)39-33-25)30-26(22)35-12-4-7-21(35)20-5-3-6-20/h2,18-21H,1,3-17H2,(H,32,33,37)/t18-,19-,21?. The van der Waals surface area contributed by atoms with E-state index in [0.29, 0.717) is 48.5 Å². The molecule has 0 amide bonds. The van der Waals surface area contributed by atoms with Crippen LogP contribution in [0.3, 0.4) is 0 Å². The maximum Gasteiger partial charge on any atom is 0.439 e. The summed E-state index contributed by atoms with van der Waals surface area (Å²) < 4.78 is 12.9. The summed E-state index contributed by atoms with van der Waals surface area (Å²) in [4.78, 5) is 34.4. The van der Waals surface area contributed by atoms with E-state index in [1.165, 1.54) is 51.4 Å². The maximum absolute atomic E-state index is 11.8. The summed E-state index contributed by atoms with van der Waals surface area (Å²) in [7, 11) is 0. The van der Waals surface area contributed by atoms with Crippen LogP contribution in [0.1, 0.15) is 57.8 Å². The number of anilines is 2. The van der Waals surface area contributed by atoms with E-state index in [1.807, 2.05) is 0 Å². The number of H-pyrrole nitrogens is 1. The number of fused-ring (bicyclic) bond motifs is 1. The number of imidazole rings is 1. The fourth-order valence-electron chi connectivity index (χ4n) is 7.05. The number of nitrogens with one attached hydrogen (secondary N) is 1. The van der Waals surface area contributed by atoms with E-state index in [9.17, 15) is 4.79 Å². The van der Waals surface area contributed by atoms with Crippen molar-refractivity contribution in [1.82, 2.24) is 29.7 Å². The van der Waals surface area contributed by atoms with Gasteiger partial charge in [0.2, 0.25) is 17.6 Å². The Kier molecular flexibility index (Phi) is 6.62. The Morgan fingerprint density at radius 1 is 0.974 bits per heavy atom. The number of aromatic nitrogens is 6. The van der Waals surface area contributed by atoms with Crippen LogP contribution >= 0.6 is 0 Å². The first-order chi connectivity index (χ1) is 19.2. The van der Waals surface area contributed by atoms with Gasteiger partial charge in [0, 0.05) is 32.2 Å². The molecule has 2 saturated heterocycles. The predicted molar refractivity (Wildman–Crippen MR) is 148 cm³/mol. The smallest absolute Gasteiger partial charge is 0.378 e. The molecule has 39 heavy (non-hydrogen) atoms. The summed E-state index contributed by atoms with van der Waals surface area (Å²) in [5, 5.41) is 3.91. The highest BCUT2D eigenvalue weighted by atomic mass is 16.5. The van der Waals surface area contributed by atoms with E-state index in [2.05, 4.69) is 37.2 Å². The SMILES string of the molecule is C=C[C@H]1CC[C@H](Cn2c(N3CCOCC3)nc3nc(-c4noc(=O)[nH]4)nc(N4CCCC4C4CCC4)c32)CC1. The second kappa shape index (κ2) is 10.4. The van der Waals surface area contributed by atoms with Crippen LogP contribution in [0, 0.1) is 17.8 Å². The fourth-order valence-corrected chi connectivity index (χ4v) is 7.05. The van der Waals surface area contributed by atoms with Crippen molar-refractivity contribution in [2.45, 2.75) is 70.4 Å². The molecule has 1 unspecified atom stereocenters. The van der Waals surface area contributed by atoms with Gasteiger partial charge < -0.3 is 19.1 Å². The molecule has 1 N–H and O–H groups in total. The average molecular weight is 535 g/mol. The number of rotatable bonds is 7. The maximum atomic E-state index is 11.8. The van der Waals surface area contributed by atoms with Gasteiger partial charge in [0.05, 0.1) is 13.2 Å². The Hall–Kier alpha value is -3.21. The van der Waals surface area contributed by atoms with Gasteiger partial charge in [-0.05, 0) is 69.1 Å². The predicted octanol–water partition coefficient (Wildman–Crippen LogP) is 3.77. The van der Waals surface area contributed by atoms with Gasteiger partial charge in [-0.3, -0.25) is 9.51 Å². The van der Waals surface area contributed by atoms with Gasteiger partial charge >= 0.3 is 5.76 Å². The van der Waals surface area contributed by atoms with E-state index in [0.717, 1.165) is 49.9 Å². The molecular weight excluding hydrogens is 496 g/mol. The first kappa shape index (κ1) is 24.8. The normalized spacial score (nSPS) is 26.3. The Morgan fingerprint density at radius 2 is 1.79 bits per heavy atom. The molecule has 4 fully saturated rings. The molecule has 11 heteroatoms. The highest BCUT2D eigenvalue weighted by Gasteiger charge is 2.38. The minimum Gasteiger partial charge on any atom is -0.378 e. The molecule has 2 saturated carbocycles. The van der Waals surface area contributed by atoms with E-state index in [4.69, 9.17) is 24.2 Å². The molecule has 0 spiro atoms. The van der Waals surface area contributed by atoms with Crippen LogP contribution < -0.4 is 15.6 Å². The van der Waals surface area contributed by atoms with Crippen molar-refractivity contribution in [3.05, 3.63) is 23.2 Å². The Morgan fingerprint density at radius 3 is 2.49 bits per heavy atom. The van der Waals surface area contributed by atoms with E-state index in [1.54, 1.807) is 0 Å². The molecule has 4 aliphatic rings. The largest absolute Gasteiger partial charge is 0.439 e. The quantitative estimate of drug-likeness (QED) is 0.452. The van der Waals surface area contributed by atoms with Crippen LogP contribution in [-0.2, 0) is 11.3 Å². The lowest BCUT2D eigenvalue weighted by Crippen LogP contribution is -2.40.